The van der Waals surface area contributed by atoms with Crippen molar-refractivity contribution < 1.29 is 13.9 Å². The molecule has 0 spiro atoms. The molecule has 0 amide bonds. The number of nitrogens with one attached hydrogen (secondary N) is 1. The smallest absolute Gasteiger partial charge is 0.246 e. The minimum atomic E-state index is -0.650. The van der Waals surface area contributed by atoms with Crippen LogP contribution in [0, 0.1) is 5.82 Å². The highest BCUT2D eigenvalue weighted by Gasteiger charge is 2.31. The second kappa shape index (κ2) is 5.11. The van der Waals surface area contributed by atoms with E-state index >= 15 is 0 Å². The largest absolute Gasteiger partial charge is 0.449 e. The minimum Gasteiger partial charge on any atom is -0.449 e. The zero-order valence-electron chi connectivity index (χ0n) is 11.7. The van der Waals surface area contributed by atoms with E-state index in [9.17, 15) is 4.39 Å². The Morgan fingerprint density at radius 2 is 1.86 bits per heavy atom. The van der Waals surface area contributed by atoms with Crippen LogP contribution in [-0.2, 0) is 6.54 Å². The molecule has 1 aliphatic rings. The summed E-state index contributed by atoms with van der Waals surface area (Å²) >= 11 is 5.73. The van der Waals surface area contributed by atoms with E-state index in [4.69, 9.17) is 21.1 Å². The fourth-order valence-electron chi connectivity index (χ4n) is 2.19. The van der Waals surface area contributed by atoms with Gasteiger partial charge in [-0.05, 0) is 24.3 Å². The average molecular weight is 308 g/mol. The van der Waals surface area contributed by atoms with Crippen molar-refractivity contribution in [3.8, 4) is 11.5 Å². The van der Waals surface area contributed by atoms with Crippen LogP contribution in [0.15, 0.2) is 36.4 Å². The Balaban J connectivity index is 1.72. The quantitative estimate of drug-likeness (QED) is 0.899. The summed E-state index contributed by atoms with van der Waals surface area (Å²) in [7, 11) is 0. The number of benzene rings is 2. The highest BCUT2D eigenvalue weighted by atomic mass is 35.5. The number of hydrogen-bond acceptors (Lipinski definition) is 3. The van der Waals surface area contributed by atoms with Gasteiger partial charge in [-0.3, -0.25) is 0 Å². The minimum absolute atomic E-state index is 0.322. The van der Waals surface area contributed by atoms with Crippen molar-refractivity contribution in [3.05, 3.63) is 52.8 Å². The van der Waals surface area contributed by atoms with Crippen LogP contribution in [0.25, 0.3) is 0 Å². The predicted molar refractivity (Wildman–Crippen MR) is 80.5 cm³/mol. The molecule has 0 aliphatic carbocycles. The van der Waals surface area contributed by atoms with E-state index < -0.39 is 5.79 Å². The lowest BCUT2D eigenvalue weighted by Crippen LogP contribution is -2.29. The third-order valence-electron chi connectivity index (χ3n) is 3.15. The number of ether oxygens (including phenoxy) is 2. The van der Waals surface area contributed by atoms with Gasteiger partial charge in [-0.2, -0.15) is 0 Å². The maximum atomic E-state index is 13.7. The lowest BCUT2D eigenvalue weighted by atomic mass is 10.2. The molecule has 2 aromatic rings. The molecule has 2 aromatic carbocycles. The van der Waals surface area contributed by atoms with Crippen LogP contribution in [0.4, 0.5) is 10.1 Å². The van der Waals surface area contributed by atoms with Crippen molar-refractivity contribution in [1.82, 2.24) is 0 Å². The van der Waals surface area contributed by atoms with Gasteiger partial charge in [0.1, 0.15) is 5.82 Å². The Morgan fingerprint density at radius 3 is 2.62 bits per heavy atom. The normalized spacial score (nSPS) is 15.0. The summed E-state index contributed by atoms with van der Waals surface area (Å²) in [5.41, 5.74) is 1.39. The fourth-order valence-corrected chi connectivity index (χ4v) is 2.35. The average Bonchev–Trinajstić information content (AvgIpc) is 2.70. The summed E-state index contributed by atoms with van der Waals surface area (Å²) in [6, 6.07) is 10.2. The topological polar surface area (TPSA) is 30.5 Å². The molecule has 21 heavy (non-hydrogen) atoms. The van der Waals surface area contributed by atoms with Gasteiger partial charge >= 0.3 is 0 Å². The third-order valence-corrected chi connectivity index (χ3v) is 3.39. The number of rotatable bonds is 3. The summed E-state index contributed by atoms with van der Waals surface area (Å²) in [5, 5.41) is 3.55. The Labute approximate surface area is 127 Å². The predicted octanol–water partition coefficient (Wildman–Crippen LogP) is 4.60. The monoisotopic (exact) mass is 307 g/mol. The third kappa shape index (κ3) is 3.05. The standard InChI is InChI=1S/C16H15ClFNO2/c1-16(2)20-14-6-5-12(8-15(14)21-16)19-9-10-3-4-11(17)7-13(10)18/h3-8,19H,9H2,1-2H3. The summed E-state index contributed by atoms with van der Waals surface area (Å²) in [4.78, 5) is 0. The van der Waals surface area contributed by atoms with Gasteiger partial charge in [0, 0.05) is 42.7 Å². The van der Waals surface area contributed by atoms with E-state index in [-0.39, 0.29) is 5.82 Å². The molecule has 0 bridgehead atoms. The van der Waals surface area contributed by atoms with Crippen LogP contribution < -0.4 is 14.8 Å². The van der Waals surface area contributed by atoms with Gasteiger partial charge in [-0.15, -0.1) is 0 Å². The van der Waals surface area contributed by atoms with Crippen LogP contribution in [0.2, 0.25) is 5.02 Å². The first-order chi connectivity index (χ1) is 9.93. The Hall–Kier alpha value is -1.94. The van der Waals surface area contributed by atoms with E-state index in [2.05, 4.69) is 5.32 Å². The van der Waals surface area contributed by atoms with Gasteiger partial charge in [0.2, 0.25) is 5.79 Å². The van der Waals surface area contributed by atoms with Crippen molar-refractivity contribution in [2.45, 2.75) is 26.2 Å². The maximum absolute atomic E-state index is 13.7. The molecule has 0 aromatic heterocycles. The molecule has 0 fully saturated rings. The van der Waals surface area contributed by atoms with Gasteiger partial charge in [-0.25, -0.2) is 4.39 Å². The molecule has 5 heteroatoms. The van der Waals surface area contributed by atoms with Crippen LogP contribution in [0.3, 0.4) is 0 Å². The van der Waals surface area contributed by atoms with Crippen LogP contribution in [0.5, 0.6) is 11.5 Å². The Morgan fingerprint density at radius 1 is 1.10 bits per heavy atom. The van der Waals surface area contributed by atoms with E-state index in [0.717, 1.165) is 5.69 Å². The van der Waals surface area contributed by atoms with Gasteiger partial charge in [-0.1, -0.05) is 17.7 Å². The molecule has 0 atom stereocenters. The molecular weight excluding hydrogens is 293 g/mol. The molecule has 1 aliphatic heterocycles. The van der Waals surface area contributed by atoms with E-state index in [1.165, 1.54) is 6.07 Å². The van der Waals surface area contributed by atoms with Crippen molar-refractivity contribution in [2.24, 2.45) is 0 Å². The Bertz CT molecular complexity index is 688. The lowest BCUT2D eigenvalue weighted by Gasteiger charge is -2.16. The molecule has 3 nitrogen and oxygen atoms in total. The highest BCUT2D eigenvalue weighted by molar-refractivity contribution is 6.30. The van der Waals surface area contributed by atoms with Gasteiger partial charge in [0.15, 0.2) is 11.5 Å². The Kier molecular flexibility index (Phi) is 3.41. The first kappa shape index (κ1) is 14.0. The first-order valence-corrected chi connectivity index (χ1v) is 7.01. The molecule has 0 saturated heterocycles. The maximum Gasteiger partial charge on any atom is 0.246 e. The summed E-state index contributed by atoms with van der Waals surface area (Å²) in [5.74, 6) is 0.421. The number of fused-ring (bicyclic) bond motifs is 1. The number of halogens is 2. The number of hydrogen-bond donors (Lipinski definition) is 1. The van der Waals surface area contributed by atoms with Crippen LogP contribution in [-0.4, -0.2) is 5.79 Å². The van der Waals surface area contributed by atoms with Crippen molar-refractivity contribution in [2.75, 3.05) is 5.32 Å². The van der Waals surface area contributed by atoms with E-state index in [0.29, 0.717) is 28.6 Å². The molecule has 0 unspecified atom stereocenters. The molecule has 0 saturated carbocycles. The molecule has 110 valence electrons. The van der Waals surface area contributed by atoms with Crippen LogP contribution in [0.1, 0.15) is 19.4 Å². The SMILES string of the molecule is CC1(C)Oc2ccc(NCc3ccc(Cl)cc3F)cc2O1. The van der Waals surface area contributed by atoms with E-state index in [1.54, 1.807) is 12.1 Å². The second-order valence-corrected chi connectivity index (χ2v) is 5.79. The number of anilines is 1. The molecule has 0 radical (unpaired) electrons. The van der Waals surface area contributed by atoms with Crippen molar-refractivity contribution in [1.29, 1.82) is 0 Å². The first-order valence-electron chi connectivity index (χ1n) is 6.63. The zero-order chi connectivity index (χ0) is 15.0. The molecule has 3 rings (SSSR count). The van der Waals surface area contributed by atoms with Gasteiger partial charge in [0.25, 0.3) is 0 Å². The fraction of sp³-hybridized carbons (Fsp3) is 0.250. The zero-order valence-corrected chi connectivity index (χ0v) is 12.5. The summed E-state index contributed by atoms with van der Waals surface area (Å²) < 4.78 is 25.0. The van der Waals surface area contributed by atoms with Crippen LogP contribution >= 0.6 is 11.6 Å². The van der Waals surface area contributed by atoms with Crippen molar-refractivity contribution >= 4 is 17.3 Å². The van der Waals surface area contributed by atoms with Crippen molar-refractivity contribution in [3.63, 3.8) is 0 Å². The highest BCUT2D eigenvalue weighted by Crippen LogP contribution is 2.40. The molecule has 1 N–H and O–H groups in total. The summed E-state index contributed by atoms with van der Waals surface area (Å²) in [6.07, 6.45) is 0. The molecule has 1 heterocycles. The second-order valence-electron chi connectivity index (χ2n) is 5.35. The lowest BCUT2D eigenvalue weighted by molar-refractivity contribution is -0.0431. The van der Waals surface area contributed by atoms with Gasteiger partial charge < -0.3 is 14.8 Å². The van der Waals surface area contributed by atoms with Gasteiger partial charge in [0.05, 0.1) is 0 Å². The molecular formula is C16H15ClFNO2. The van der Waals surface area contributed by atoms with E-state index in [1.807, 2.05) is 32.0 Å². The summed E-state index contributed by atoms with van der Waals surface area (Å²) in [6.45, 7) is 4.07.